The van der Waals surface area contributed by atoms with Crippen LogP contribution in [0.5, 0.6) is 0 Å². The number of benzene rings is 2. The van der Waals surface area contributed by atoms with Crippen LogP contribution < -0.4 is 10.2 Å². The number of anilines is 1. The van der Waals surface area contributed by atoms with E-state index in [9.17, 15) is 31.9 Å². The van der Waals surface area contributed by atoms with Crippen LogP contribution in [0.25, 0.3) is 16.9 Å². The van der Waals surface area contributed by atoms with Crippen LogP contribution in [0.2, 0.25) is 0 Å². The van der Waals surface area contributed by atoms with Gasteiger partial charge in [0.05, 0.1) is 29.2 Å². The van der Waals surface area contributed by atoms with Gasteiger partial charge in [-0.05, 0) is 67.4 Å². The summed E-state index contributed by atoms with van der Waals surface area (Å²) in [6.45, 7) is 0.898. The van der Waals surface area contributed by atoms with Crippen molar-refractivity contribution >= 4 is 11.6 Å². The van der Waals surface area contributed by atoms with Crippen molar-refractivity contribution in [2.75, 3.05) is 24.7 Å². The van der Waals surface area contributed by atoms with Gasteiger partial charge < -0.3 is 19.9 Å². The van der Waals surface area contributed by atoms with Gasteiger partial charge >= 0.3 is 6.18 Å². The average molecular weight is 573 g/mol. The number of rotatable bonds is 4. The van der Waals surface area contributed by atoms with Gasteiger partial charge in [-0.1, -0.05) is 0 Å². The van der Waals surface area contributed by atoms with Crippen LogP contribution in [0.1, 0.15) is 28.9 Å². The Bertz CT molecular complexity index is 1560. The number of hydrogen-bond donors (Lipinski definition) is 3. The van der Waals surface area contributed by atoms with Gasteiger partial charge in [-0.25, -0.2) is 13.5 Å². The summed E-state index contributed by atoms with van der Waals surface area (Å²) >= 11 is 0. The Balaban J connectivity index is 1.28. The number of likely N-dealkylation sites (tertiary alicyclic amines) is 1. The number of alkyl halides is 3. The summed E-state index contributed by atoms with van der Waals surface area (Å²) in [6.07, 6.45) is -1.74. The minimum Gasteiger partial charge on any atom is -0.376 e. The average Bonchev–Trinajstić information content (AvgIpc) is 3.70. The van der Waals surface area contributed by atoms with Gasteiger partial charge in [0.15, 0.2) is 5.69 Å². The number of nitrogens with zero attached hydrogens (tertiary/aromatic N) is 4. The molecule has 1 atom stereocenters. The van der Waals surface area contributed by atoms with Gasteiger partial charge in [-0.3, -0.25) is 10.1 Å². The Morgan fingerprint density at radius 2 is 1.71 bits per heavy atom. The maximum Gasteiger partial charge on any atom is 0.419 e. The number of aromatic nitrogens is 3. The van der Waals surface area contributed by atoms with E-state index in [4.69, 9.17) is 0 Å². The first-order chi connectivity index (χ1) is 19.6. The Morgan fingerprint density at radius 1 is 1.00 bits per heavy atom. The molecule has 6 rings (SSSR count). The molecule has 0 bridgehead atoms. The van der Waals surface area contributed by atoms with E-state index in [2.05, 4.69) is 15.4 Å². The number of hydrogen-bond acceptors (Lipinski definition) is 5. The molecule has 41 heavy (non-hydrogen) atoms. The van der Waals surface area contributed by atoms with Crippen LogP contribution in [-0.2, 0) is 6.18 Å². The number of carbonyl (C=O) groups is 1. The number of nitrogens with one attached hydrogen (secondary N) is 2. The molecule has 2 aliphatic heterocycles. The van der Waals surface area contributed by atoms with E-state index in [1.807, 2.05) is 4.90 Å². The molecule has 2 fully saturated rings. The number of amides is 1. The van der Waals surface area contributed by atoms with Crippen LogP contribution in [-0.4, -0.2) is 62.2 Å². The molecule has 4 aromatic rings. The van der Waals surface area contributed by atoms with Crippen LogP contribution in [0.3, 0.4) is 0 Å². The van der Waals surface area contributed by atoms with E-state index in [1.54, 1.807) is 35.5 Å². The largest absolute Gasteiger partial charge is 0.419 e. The van der Waals surface area contributed by atoms with Crippen molar-refractivity contribution in [1.82, 2.24) is 25.0 Å². The highest BCUT2D eigenvalue weighted by molar-refractivity contribution is 5.93. The molecule has 8 nitrogen and oxygen atoms in total. The Kier molecular flexibility index (Phi) is 6.57. The van der Waals surface area contributed by atoms with Crippen LogP contribution in [0.15, 0.2) is 67.0 Å². The van der Waals surface area contributed by atoms with Crippen molar-refractivity contribution in [2.24, 2.45) is 0 Å². The molecule has 214 valence electrons. The predicted molar refractivity (Wildman–Crippen MR) is 139 cm³/mol. The van der Waals surface area contributed by atoms with Crippen LogP contribution in [0, 0.1) is 11.6 Å². The molecule has 4 heterocycles. The molecule has 0 saturated carbocycles. The van der Waals surface area contributed by atoms with E-state index in [1.165, 1.54) is 28.9 Å². The molecule has 1 amide bonds. The molecule has 1 spiro atoms. The normalized spacial score (nSPS) is 18.8. The molecule has 2 aromatic carbocycles. The number of piperidine rings is 1. The summed E-state index contributed by atoms with van der Waals surface area (Å²) in [4.78, 5) is 20.0. The fourth-order valence-electron chi connectivity index (χ4n) is 5.68. The highest BCUT2D eigenvalue weighted by Gasteiger charge is 2.50. The predicted octanol–water partition coefficient (Wildman–Crippen LogP) is 4.52. The van der Waals surface area contributed by atoms with Crippen LogP contribution >= 0.6 is 0 Å². The summed E-state index contributed by atoms with van der Waals surface area (Å²) in [5.74, 6) is -2.21. The lowest BCUT2D eigenvalue weighted by Crippen LogP contribution is -2.58. The van der Waals surface area contributed by atoms with E-state index in [-0.39, 0.29) is 30.3 Å². The van der Waals surface area contributed by atoms with Crippen molar-refractivity contribution < 1.29 is 31.9 Å². The summed E-state index contributed by atoms with van der Waals surface area (Å²) < 4.78 is 68.9. The Morgan fingerprint density at radius 3 is 2.37 bits per heavy atom. The number of carbonyl (C=O) groups excluding carboxylic acids is 1. The minimum atomic E-state index is -4.91. The van der Waals surface area contributed by atoms with E-state index in [0.717, 1.165) is 11.8 Å². The first-order valence-electron chi connectivity index (χ1n) is 12.9. The number of aromatic amines is 1. The molecule has 2 aliphatic rings. The van der Waals surface area contributed by atoms with Crippen molar-refractivity contribution in [3.8, 4) is 16.9 Å². The van der Waals surface area contributed by atoms with E-state index < -0.39 is 35.2 Å². The zero-order valence-corrected chi connectivity index (χ0v) is 21.5. The summed E-state index contributed by atoms with van der Waals surface area (Å²) in [5, 5.41) is 18.2. The molecule has 3 N–H and O–H groups in total. The Hall–Kier alpha value is -4.23. The van der Waals surface area contributed by atoms with Gasteiger partial charge in [0.2, 0.25) is 0 Å². The SMILES string of the molecule is O=C(c1cc(-c2cc[nH]c2)n(-c2ccc(F)c(C(F)(F)F)c2)n1)N1CCC2(CC1)C(O)NCN2c1ccc(F)cc1. The number of aliphatic hydroxyl groups is 1. The lowest BCUT2D eigenvalue weighted by atomic mass is 9.84. The molecule has 0 aliphatic carbocycles. The minimum absolute atomic E-state index is 0.00974. The highest BCUT2D eigenvalue weighted by Crippen LogP contribution is 2.39. The molecule has 1 unspecified atom stereocenters. The van der Waals surface area contributed by atoms with Gasteiger partial charge in [-0.2, -0.15) is 18.3 Å². The second-order valence-corrected chi connectivity index (χ2v) is 10.2. The fraction of sp³-hybridized carbons (Fsp3) is 0.286. The fourth-order valence-corrected chi connectivity index (χ4v) is 5.68. The molecule has 2 aromatic heterocycles. The third kappa shape index (κ3) is 4.74. The number of H-pyrrole nitrogens is 1. The topological polar surface area (TPSA) is 89.4 Å². The summed E-state index contributed by atoms with van der Waals surface area (Å²) in [6, 6.07) is 11.7. The molecule has 2 saturated heterocycles. The lowest BCUT2D eigenvalue weighted by Gasteiger charge is -2.46. The first-order valence-corrected chi connectivity index (χ1v) is 12.9. The van der Waals surface area contributed by atoms with E-state index >= 15 is 0 Å². The third-order valence-corrected chi connectivity index (χ3v) is 7.87. The number of halogens is 5. The standard InChI is InChI=1S/C28H25F5N6O2/c29-18-1-3-19(4-2-18)38-16-35-26(41)27(38)8-11-37(12-9-27)25(40)23-14-24(17-7-10-34-15-17)39(36-23)20-5-6-22(30)21(13-20)28(31,32)33/h1-7,10,13-15,26,34-35,41H,8-9,11-12,16H2. The zero-order chi connectivity index (χ0) is 28.9. The molecule has 0 radical (unpaired) electrons. The lowest BCUT2D eigenvalue weighted by molar-refractivity contribution is -0.140. The second kappa shape index (κ2) is 10.00. The van der Waals surface area contributed by atoms with Crippen LogP contribution in [0.4, 0.5) is 27.6 Å². The van der Waals surface area contributed by atoms with Crippen molar-refractivity contribution in [3.63, 3.8) is 0 Å². The molecular weight excluding hydrogens is 547 g/mol. The van der Waals surface area contributed by atoms with E-state index in [0.29, 0.717) is 36.8 Å². The maximum atomic E-state index is 14.0. The maximum absolute atomic E-state index is 14.0. The van der Waals surface area contributed by atoms with Gasteiger partial charge in [0.25, 0.3) is 5.91 Å². The number of aliphatic hydroxyl groups excluding tert-OH is 1. The first kappa shape index (κ1) is 27.0. The Labute approximate surface area is 231 Å². The zero-order valence-electron chi connectivity index (χ0n) is 21.5. The third-order valence-electron chi connectivity index (χ3n) is 7.87. The highest BCUT2D eigenvalue weighted by atomic mass is 19.4. The van der Waals surface area contributed by atoms with Gasteiger partial charge in [-0.15, -0.1) is 0 Å². The second-order valence-electron chi connectivity index (χ2n) is 10.2. The summed E-state index contributed by atoms with van der Waals surface area (Å²) in [5.41, 5.74) is -0.538. The van der Waals surface area contributed by atoms with Crippen molar-refractivity contribution in [2.45, 2.75) is 30.8 Å². The molecular formula is C28H25F5N6O2. The van der Waals surface area contributed by atoms with Crippen molar-refractivity contribution in [3.05, 3.63) is 89.9 Å². The van der Waals surface area contributed by atoms with Crippen molar-refractivity contribution in [1.29, 1.82) is 0 Å². The smallest absolute Gasteiger partial charge is 0.376 e. The van der Waals surface area contributed by atoms with Gasteiger partial charge in [0.1, 0.15) is 17.9 Å². The summed E-state index contributed by atoms with van der Waals surface area (Å²) in [7, 11) is 0. The monoisotopic (exact) mass is 572 g/mol. The molecule has 13 heteroatoms. The quantitative estimate of drug-likeness (QED) is 0.313. The van der Waals surface area contributed by atoms with Gasteiger partial charge in [0, 0.05) is 36.7 Å².